The molecule has 1 heterocycles. The largest absolute Gasteiger partial charge is 0.456 e. The van der Waals surface area contributed by atoms with E-state index in [1.54, 1.807) is 13.0 Å². The Morgan fingerprint density at radius 3 is 1.11 bits per heavy atom. The number of aldehydes is 1. The monoisotopic (exact) mass is 1070 g/mol. The van der Waals surface area contributed by atoms with Gasteiger partial charge in [-0.15, -0.1) is 0 Å². The van der Waals surface area contributed by atoms with E-state index in [1.165, 1.54) is 39.7 Å². The molecule has 0 saturated carbocycles. The van der Waals surface area contributed by atoms with Gasteiger partial charge in [0, 0.05) is 128 Å². The molecule has 9 nitrogen and oxygen atoms in total. The van der Waals surface area contributed by atoms with Crippen molar-refractivity contribution in [3.05, 3.63) is 263 Å². The zero-order chi connectivity index (χ0) is 58.1. The second-order valence-electron chi connectivity index (χ2n) is 20.4. The molecule has 412 valence electrons. The molecule has 0 fully saturated rings. The van der Waals surface area contributed by atoms with E-state index in [0.717, 1.165) is 68.4 Å². The zero-order valence-corrected chi connectivity index (χ0v) is 49.4. The summed E-state index contributed by atoms with van der Waals surface area (Å²) < 4.78 is 8.52. The van der Waals surface area contributed by atoms with E-state index in [9.17, 15) is 9.59 Å². The van der Waals surface area contributed by atoms with Gasteiger partial charge in [-0.1, -0.05) is 96.6 Å². The fourth-order valence-corrected chi connectivity index (χ4v) is 7.75. The van der Waals surface area contributed by atoms with Crippen LogP contribution in [-0.4, -0.2) is 107 Å². The molecule has 0 unspecified atom stereocenters. The van der Waals surface area contributed by atoms with Gasteiger partial charge in [-0.3, -0.25) is 9.59 Å². The fourth-order valence-electron chi connectivity index (χ4n) is 7.75. The number of anilines is 5. The second-order valence-corrected chi connectivity index (χ2v) is 20.4. The lowest BCUT2D eigenvalue weighted by atomic mass is 10.0. The van der Waals surface area contributed by atoms with Crippen LogP contribution in [0.25, 0.3) is 29.7 Å². The van der Waals surface area contributed by atoms with E-state index in [0.29, 0.717) is 0 Å². The normalized spacial score (nSPS) is 12.4. The van der Waals surface area contributed by atoms with Crippen molar-refractivity contribution in [2.75, 3.05) is 109 Å². The van der Waals surface area contributed by atoms with Crippen LogP contribution in [0.15, 0.2) is 224 Å². The summed E-state index contributed by atoms with van der Waals surface area (Å²) in [5, 5.41) is 0. The predicted molar refractivity (Wildman–Crippen MR) is 347 cm³/mol. The molecular formula is C71H81N6O3+. The number of aryl methyl sites for hydroxylation is 1. The highest BCUT2D eigenvalue weighted by molar-refractivity contribution is 6.02. The molecule has 8 rings (SSSR count). The molecule has 0 aromatic heterocycles. The molecule has 1 aliphatic heterocycles. The summed E-state index contributed by atoms with van der Waals surface area (Å²) in [5.74, 6) is 1.78. The molecule has 0 radical (unpaired) electrons. The van der Waals surface area contributed by atoms with Gasteiger partial charge in [-0.25, -0.2) is 4.58 Å². The van der Waals surface area contributed by atoms with Crippen LogP contribution in [0.1, 0.15) is 50.7 Å². The molecule has 0 N–H and O–H groups in total. The van der Waals surface area contributed by atoms with Crippen LogP contribution < -0.4 is 24.5 Å². The number of ketones is 1. The highest BCUT2D eigenvalue weighted by Crippen LogP contribution is 2.33. The van der Waals surface area contributed by atoms with E-state index in [2.05, 4.69) is 224 Å². The third kappa shape index (κ3) is 20.3. The number of Topliss-reactive ketones (excluding diaryl/α,β-unsaturated/α-hetero) is 1. The summed E-state index contributed by atoms with van der Waals surface area (Å²) in [7, 11) is 24.3. The van der Waals surface area contributed by atoms with Crippen LogP contribution in [0.4, 0.5) is 28.4 Å². The van der Waals surface area contributed by atoms with Crippen LogP contribution in [0.3, 0.4) is 0 Å². The van der Waals surface area contributed by atoms with E-state index in [1.807, 2.05) is 115 Å². The standard InChI is InChI=1S/C33H36N3O.C17H19N.C11H13NO.C10H13NO/c1-34(2)29-17-11-25(12-18-29)9-7-8-10-26-23-32(27-13-19-30(20-14-27)35(3)4)37-33(24-26)28-15-21-31(22-16-28)36(5)6;1-14-4-6-15(7-5-14)8-9-16-10-12-17(13-11-16)18(2)3;1-12(2)11-7-5-10(6-8-11)4-3-9-13;1-8(12)9-4-6-10(7-5-9)11(2)3/h7-24H,1-6H3;4-13H,1-3H3;3-9H,1-2H3;4-7H,1-3H3/q+1;;;/b;9-8+;4-3+;. The highest BCUT2D eigenvalue weighted by Gasteiger charge is 2.16. The molecule has 2 aliphatic rings. The van der Waals surface area contributed by atoms with Gasteiger partial charge in [0.25, 0.3) is 0 Å². The Bertz CT molecular complexity index is 3180. The summed E-state index contributed by atoms with van der Waals surface area (Å²) in [5.41, 5.74) is 16.9. The van der Waals surface area contributed by atoms with Gasteiger partial charge >= 0.3 is 0 Å². The van der Waals surface area contributed by atoms with Crippen molar-refractivity contribution in [3.63, 3.8) is 0 Å². The summed E-state index contributed by atoms with van der Waals surface area (Å²) >= 11 is 0. The minimum atomic E-state index is 0.111. The number of carbonyl (C=O) groups is 2. The van der Waals surface area contributed by atoms with Gasteiger partial charge in [-0.2, -0.15) is 0 Å². The lowest BCUT2D eigenvalue weighted by Crippen LogP contribution is -2.09. The zero-order valence-electron chi connectivity index (χ0n) is 49.4. The Morgan fingerprint density at radius 1 is 0.425 bits per heavy atom. The number of benzene rings is 6. The van der Waals surface area contributed by atoms with E-state index in [4.69, 9.17) is 4.74 Å². The van der Waals surface area contributed by atoms with E-state index in [-0.39, 0.29) is 5.78 Å². The summed E-state index contributed by atoms with van der Waals surface area (Å²) in [6.45, 7) is 3.68. The Morgan fingerprint density at radius 2 is 0.762 bits per heavy atom. The number of allylic oxidation sites excluding steroid dienone is 13. The van der Waals surface area contributed by atoms with Crippen molar-refractivity contribution in [2.24, 2.45) is 0 Å². The maximum absolute atomic E-state index is 10.9. The first-order chi connectivity index (χ1) is 38.3. The Kier molecular flexibility index (Phi) is 24.1. The predicted octanol–water partition coefficient (Wildman–Crippen LogP) is 14.6. The van der Waals surface area contributed by atoms with Crippen molar-refractivity contribution < 1.29 is 18.9 Å². The first kappa shape index (κ1) is 61.6. The minimum absolute atomic E-state index is 0.111. The number of hydrogen-bond acceptors (Lipinski definition) is 8. The average Bonchev–Trinajstić information content (AvgIpc) is 3.47. The van der Waals surface area contributed by atoms with Crippen molar-refractivity contribution >= 4 is 76.0 Å². The highest BCUT2D eigenvalue weighted by atomic mass is 16.5. The summed E-state index contributed by atoms with van der Waals surface area (Å²) in [6, 6.07) is 49.6. The second kappa shape index (κ2) is 31.3. The Labute approximate surface area is 478 Å². The van der Waals surface area contributed by atoms with Gasteiger partial charge in [0.15, 0.2) is 11.5 Å². The Hall–Kier alpha value is -9.21. The van der Waals surface area contributed by atoms with Crippen LogP contribution in [0.2, 0.25) is 0 Å². The molecule has 0 atom stereocenters. The molecule has 6 aromatic carbocycles. The number of nitrogens with zero attached hydrogens (tertiary/aromatic N) is 6. The van der Waals surface area contributed by atoms with Gasteiger partial charge in [0.1, 0.15) is 31.9 Å². The average molecular weight is 1070 g/mol. The molecule has 80 heavy (non-hydrogen) atoms. The first-order valence-corrected chi connectivity index (χ1v) is 26.7. The summed E-state index contributed by atoms with van der Waals surface area (Å²) in [6.07, 6.45) is 29.4. The van der Waals surface area contributed by atoms with Crippen LogP contribution in [0, 0.1) is 6.92 Å². The molecule has 0 saturated heterocycles. The fraction of sp³-hybridized carbons (Fsp3) is 0.197. The maximum atomic E-state index is 10.9. The van der Waals surface area contributed by atoms with Gasteiger partial charge < -0.3 is 29.2 Å². The molecule has 0 spiro atoms. The maximum Gasteiger partial charge on any atom is 0.199 e. The lowest BCUT2D eigenvalue weighted by Gasteiger charge is -2.20. The third-order valence-corrected chi connectivity index (χ3v) is 12.8. The third-order valence-electron chi connectivity index (χ3n) is 12.8. The van der Waals surface area contributed by atoms with Crippen LogP contribution >= 0.6 is 0 Å². The number of carbonyl (C=O) groups excluding carboxylic acids is 2. The topological polar surface area (TPSA) is 62.6 Å². The van der Waals surface area contributed by atoms with E-state index >= 15 is 0 Å². The molecule has 6 aromatic rings. The van der Waals surface area contributed by atoms with Crippen molar-refractivity contribution in [1.82, 2.24) is 0 Å². The molecular weight excluding hydrogens is 985 g/mol. The number of ether oxygens (including phenoxy) is 1. The van der Waals surface area contributed by atoms with Crippen molar-refractivity contribution in [3.8, 4) is 0 Å². The smallest absolute Gasteiger partial charge is 0.199 e. The first-order valence-electron chi connectivity index (χ1n) is 26.7. The molecule has 9 heteroatoms. The van der Waals surface area contributed by atoms with Gasteiger partial charge in [0.2, 0.25) is 0 Å². The van der Waals surface area contributed by atoms with Crippen molar-refractivity contribution in [2.45, 2.75) is 13.8 Å². The van der Waals surface area contributed by atoms with E-state index < -0.39 is 0 Å². The van der Waals surface area contributed by atoms with Crippen LogP contribution in [0.5, 0.6) is 0 Å². The number of rotatable bonds is 14. The van der Waals surface area contributed by atoms with Gasteiger partial charge in [0.05, 0.1) is 0 Å². The number of hydrogen-bond donors (Lipinski definition) is 0. The molecule has 0 amide bonds. The Balaban J connectivity index is 0.000000225. The lowest BCUT2D eigenvalue weighted by molar-refractivity contribution is -0.462. The summed E-state index contributed by atoms with van der Waals surface area (Å²) in [4.78, 5) is 31.3. The molecule has 0 bridgehead atoms. The minimum Gasteiger partial charge on any atom is -0.456 e. The SMILES string of the molecule is CC(=O)c1ccc(N(C)C)cc1.CN(C)c1ccc(/C=C/C=O)cc1.CN(C)c1ccc(C2=CC(=CC=CC=C3C=CC(=[N+](C)C)C=C3)C=C(c3ccc(N(C)C)cc3)O2)cc1.Cc1ccc(/C=C/c2ccc(N(C)C)cc2)cc1. The molecule has 1 aliphatic carbocycles. The quantitative estimate of drug-likeness (QED) is 0.0352. The van der Waals surface area contributed by atoms with Gasteiger partial charge in [-0.05, 0) is 169 Å². The van der Waals surface area contributed by atoms with Crippen LogP contribution in [-0.2, 0) is 9.53 Å². The van der Waals surface area contributed by atoms with Crippen molar-refractivity contribution in [1.29, 1.82) is 0 Å².